The lowest BCUT2D eigenvalue weighted by Gasteiger charge is -2.34. The number of hydrogen-bond acceptors (Lipinski definition) is 4. The second kappa shape index (κ2) is 9.40. The molecule has 2 aromatic carbocycles. The van der Waals surface area contributed by atoms with Crippen LogP contribution in [0.15, 0.2) is 59.0 Å². The SMILES string of the molecule is Cc1cccc(CN2CCN(C(=O)c3ccc(COc4cc(C)cc(C)c4)o3)CC2)c1. The Morgan fingerprint density at radius 2 is 1.65 bits per heavy atom. The molecule has 31 heavy (non-hydrogen) atoms. The molecule has 0 aliphatic carbocycles. The summed E-state index contributed by atoms with van der Waals surface area (Å²) in [7, 11) is 0. The first-order chi connectivity index (χ1) is 15.0. The Balaban J connectivity index is 1.29. The van der Waals surface area contributed by atoms with E-state index in [1.807, 2.05) is 36.9 Å². The molecule has 0 atom stereocenters. The van der Waals surface area contributed by atoms with Crippen molar-refractivity contribution in [3.05, 3.63) is 88.4 Å². The summed E-state index contributed by atoms with van der Waals surface area (Å²) in [6.07, 6.45) is 0. The van der Waals surface area contributed by atoms with Crippen LogP contribution in [0.3, 0.4) is 0 Å². The molecule has 4 rings (SSSR count). The number of aryl methyl sites for hydroxylation is 3. The van der Waals surface area contributed by atoms with Gasteiger partial charge in [0, 0.05) is 32.7 Å². The number of amides is 1. The molecule has 5 nitrogen and oxygen atoms in total. The molecule has 0 saturated carbocycles. The first-order valence-corrected chi connectivity index (χ1v) is 10.8. The van der Waals surface area contributed by atoms with E-state index in [9.17, 15) is 4.79 Å². The Bertz CT molecular complexity index is 1030. The Hall–Kier alpha value is -3.05. The van der Waals surface area contributed by atoms with E-state index in [0.29, 0.717) is 31.2 Å². The smallest absolute Gasteiger partial charge is 0.289 e. The summed E-state index contributed by atoms with van der Waals surface area (Å²) in [5, 5.41) is 0. The zero-order chi connectivity index (χ0) is 21.8. The zero-order valence-corrected chi connectivity index (χ0v) is 18.6. The Labute approximate surface area is 184 Å². The molecule has 1 aromatic heterocycles. The van der Waals surface area contributed by atoms with Crippen molar-refractivity contribution in [2.24, 2.45) is 0 Å². The third-order valence-corrected chi connectivity index (χ3v) is 5.60. The van der Waals surface area contributed by atoms with Crippen LogP contribution in [0.5, 0.6) is 5.75 Å². The highest BCUT2D eigenvalue weighted by Gasteiger charge is 2.24. The number of ether oxygens (including phenoxy) is 1. The molecular formula is C26H30N2O3. The first kappa shape index (κ1) is 21.2. The lowest BCUT2D eigenvalue weighted by molar-refractivity contribution is 0.0594. The maximum absolute atomic E-state index is 12.9. The predicted molar refractivity (Wildman–Crippen MR) is 121 cm³/mol. The van der Waals surface area contributed by atoms with Gasteiger partial charge in [0.15, 0.2) is 5.76 Å². The second-order valence-electron chi connectivity index (χ2n) is 8.44. The Kier molecular flexibility index (Phi) is 6.42. The highest BCUT2D eigenvalue weighted by molar-refractivity contribution is 5.91. The maximum Gasteiger partial charge on any atom is 0.289 e. The largest absolute Gasteiger partial charge is 0.486 e. The van der Waals surface area contributed by atoms with Gasteiger partial charge >= 0.3 is 0 Å². The van der Waals surface area contributed by atoms with Crippen LogP contribution in [-0.4, -0.2) is 41.9 Å². The number of furan rings is 1. The van der Waals surface area contributed by atoms with Gasteiger partial charge in [0.2, 0.25) is 0 Å². The number of nitrogens with zero attached hydrogens (tertiary/aromatic N) is 2. The van der Waals surface area contributed by atoms with Gasteiger partial charge in [0.05, 0.1) is 0 Å². The molecule has 0 radical (unpaired) electrons. The summed E-state index contributed by atoms with van der Waals surface area (Å²) < 4.78 is 11.6. The van der Waals surface area contributed by atoms with Crippen molar-refractivity contribution in [1.82, 2.24) is 9.80 Å². The summed E-state index contributed by atoms with van der Waals surface area (Å²) in [4.78, 5) is 17.1. The number of carbonyl (C=O) groups excluding carboxylic acids is 1. The lowest BCUT2D eigenvalue weighted by atomic mass is 10.1. The van der Waals surface area contributed by atoms with Crippen LogP contribution in [0.2, 0.25) is 0 Å². The molecule has 1 aliphatic heterocycles. The van der Waals surface area contributed by atoms with Gasteiger partial charge in [-0.2, -0.15) is 0 Å². The Morgan fingerprint density at radius 1 is 0.903 bits per heavy atom. The molecule has 0 unspecified atom stereocenters. The van der Waals surface area contributed by atoms with E-state index in [4.69, 9.17) is 9.15 Å². The van der Waals surface area contributed by atoms with Crippen molar-refractivity contribution in [3.8, 4) is 5.75 Å². The van der Waals surface area contributed by atoms with E-state index in [1.165, 1.54) is 11.1 Å². The molecule has 0 N–H and O–H groups in total. The topological polar surface area (TPSA) is 45.9 Å². The van der Waals surface area contributed by atoms with Gasteiger partial charge in [-0.15, -0.1) is 0 Å². The zero-order valence-electron chi connectivity index (χ0n) is 18.6. The highest BCUT2D eigenvalue weighted by Crippen LogP contribution is 2.19. The van der Waals surface area contributed by atoms with Gasteiger partial charge < -0.3 is 14.1 Å². The van der Waals surface area contributed by atoms with Crippen LogP contribution < -0.4 is 4.74 Å². The molecule has 0 bridgehead atoms. The van der Waals surface area contributed by atoms with E-state index in [2.05, 4.69) is 42.2 Å². The van der Waals surface area contributed by atoms with E-state index < -0.39 is 0 Å². The van der Waals surface area contributed by atoms with Gasteiger partial charge in [-0.05, 0) is 61.7 Å². The summed E-state index contributed by atoms with van der Waals surface area (Å²) in [6, 6.07) is 18.3. The number of rotatable bonds is 6. The molecule has 2 heterocycles. The molecule has 1 aliphatic rings. The standard InChI is InChI=1S/C26H30N2O3/c1-19-5-4-6-22(14-19)17-27-9-11-28(12-10-27)26(29)25-8-7-23(31-25)18-30-24-15-20(2)13-21(3)16-24/h4-8,13-16H,9-12,17-18H2,1-3H3. The van der Waals surface area contributed by atoms with Crippen molar-refractivity contribution in [2.45, 2.75) is 33.9 Å². The van der Waals surface area contributed by atoms with Crippen molar-refractivity contribution >= 4 is 5.91 Å². The van der Waals surface area contributed by atoms with E-state index in [0.717, 1.165) is 36.5 Å². The van der Waals surface area contributed by atoms with Crippen LogP contribution in [0.4, 0.5) is 0 Å². The van der Waals surface area contributed by atoms with Crippen molar-refractivity contribution < 1.29 is 13.9 Å². The number of benzene rings is 2. The second-order valence-corrected chi connectivity index (χ2v) is 8.44. The number of piperazine rings is 1. The predicted octanol–water partition coefficient (Wildman–Crippen LogP) is 4.74. The van der Waals surface area contributed by atoms with Crippen LogP contribution in [0, 0.1) is 20.8 Å². The molecule has 1 saturated heterocycles. The van der Waals surface area contributed by atoms with Gasteiger partial charge in [-0.1, -0.05) is 35.9 Å². The quantitative estimate of drug-likeness (QED) is 0.580. The molecule has 0 spiro atoms. The van der Waals surface area contributed by atoms with Gasteiger partial charge in [0.25, 0.3) is 5.91 Å². The summed E-state index contributed by atoms with van der Waals surface area (Å²) in [6.45, 7) is 10.6. The summed E-state index contributed by atoms with van der Waals surface area (Å²) in [5.74, 6) is 1.80. The van der Waals surface area contributed by atoms with Crippen molar-refractivity contribution in [2.75, 3.05) is 26.2 Å². The Morgan fingerprint density at radius 3 is 2.35 bits per heavy atom. The summed E-state index contributed by atoms with van der Waals surface area (Å²) >= 11 is 0. The van der Waals surface area contributed by atoms with Crippen molar-refractivity contribution in [3.63, 3.8) is 0 Å². The molecule has 3 aromatic rings. The average Bonchev–Trinajstić information content (AvgIpc) is 3.21. The minimum Gasteiger partial charge on any atom is -0.486 e. The van der Waals surface area contributed by atoms with Gasteiger partial charge in [-0.25, -0.2) is 0 Å². The van der Waals surface area contributed by atoms with Crippen LogP contribution >= 0.6 is 0 Å². The third kappa shape index (κ3) is 5.56. The fourth-order valence-electron chi connectivity index (χ4n) is 4.07. The fourth-order valence-corrected chi connectivity index (χ4v) is 4.07. The first-order valence-electron chi connectivity index (χ1n) is 10.8. The lowest BCUT2D eigenvalue weighted by Crippen LogP contribution is -2.48. The third-order valence-electron chi connectivity index (χ3n) is 5.60. The highest BCUT2D eigenvalue weighted by atomic mass is 16.5. The minimum atomic E-state index is -0.0483. The monoisotopic (exact) mass is 418 g/mol. The van der Waals surface area contributed by atoms with E-state index >= 15 is 0 Å². The normalized spacial score (nSPS) is 14.6. The van der Waals surface area contributed by atoms with Crippen LogP contribution in [-0.2, 0) is 13.2 Å². The fraction of sp³-hybridized carbons (Fsp3) is 0.346. The molecular weight excluding hydrogens is 388 g/mol. The van der Waals surface area contributed by atoms with E-state index in [-0.39, 0.29) is 5.91 Å². The average molecular weight is 419 g/mol. The minimum absolute atomic E-state index is 0.0483. The number of hydrogen-bond donors (Lipinski definition) is 0. The molecule has 1 fully saturated rings. The molecule has 5 heteroatoms. The van der Waals surface area contributed by atoms with E-state index in [1.54, 1.807) is 6.07 Å². The van der Waals surface area contributed by atoms with Crippen molar-refractivity contribution in [1.29, 1.82) is 0 Å². The maximum atomic E-state index is 12.9. The van der Waals surface area contributed by atoms with Crippen LogP contribution in [0.1, 0.15) is 38.6 Å². The van der Waals surface area contributed by atoms with Gasteiger partial charge in [0.1, 0.15) is 18.1 Å². The van der Waals surface area contributed by atoms with Crippen LogP contribution in [0.25, 0.3) is 0 Å². The molecule has 1 amide bonds. The molecule has 162 valence electrons. The number of carbonyl (C=O) groups is 1. The van der Waals surface area contributed by atoms with Gasteiger partial charge in [-0.3, -0.25) is 9.69 Å². The summed E-state index contributed by atoms with van der Waals surface area (Å²) in [5.41, 5.74) is 4.92.